The van der Waals surface area contributed by atoms with Crippen molar-refractivity contribution >= 4 is 17.5 Å². The Kier molecular flexibility index (Phi) is 6.34. The number of H-pyrrole nitrogens is 1. The van der Waals surface area contributed by atoms with Crippen molar-refractivity contribution in [3.05, 3.63) is 54.4 Å². The maximum atomic E-state index is 13.0. The summed E-state index contributed by atoms with van der Waals surface area (Å²) in [7, 11) is 3.11. The molecule has 166 valence electrons. The first-order chi connectivity index (χ1) is 15.6. The number of carbonyl (C=O) groups excluding carboxylic acids is 2. The fourth-order valence-corrected chi connectivity index (χ4v) is 3.77. The fraction of sp³-hybridized carbons (Fsp3) is 0.304. The van der Waals surface area contributed by atoms with Gasteiger partial charge in [0, 0.05) is 25.4 Å². The first kappa shape index (κ1) is 21.4. The van der Waals surface area contributed by atoms with Gasteiger partial charge in [-0.1, -0.05) is 6.07 Å². The summed E-state index contributed by atoms with van der Waals surface area (Å²) in [5, 5.41) is 9.93. The van der Waals surface area contributed by atoms with Crippen LogP contribution in [0.15, 0.2) is 48.7 Å². The highest BCUT2D eigenvalue weighted by molar-refractivity contribution is 5.96. The molecule has 32 heavy (non-hydrogen) atoms. The Morgan fingerprint density at radius 3 is 2.75 bits per heavy atom. The number of amides is 2. The first-order valence-electron chi connectivity index (χ1n) is 10.4. The Morgan fingerprint density at radius 2 is 2.00 bits per heavy atom. The van der Waals surface area contributed by atoms with E-state index in [4.69, 9.17) is 9.47 Å². The molecule has 4 rings (SSSR count). The number of hydrogen-bond acceptors (Lipinski definition) is 6. The van der Waals surface area contributed by atoms with Crippen LogP contribution >= 0.6 is 0 Å². The van der Waals surface area contributed by atoms with Crippen LogP contribution in [0.3, 0.4) is 0 Å². The molecule has 1 aliphatic rings. The van der Waals surface area contributed by atoms with Crippen molar-refractivity contribution in [1.82, 2.24) is 20.1 Å². The van der Waals surface area contributed by atoms with Crippen LogP contribution < -0.4 is 14.8 Å². The zero-order valence-electron chi connectivity index (χ0n) is 18.0. The monoisotopic (exact) mass is 435 g/mol. The van der Waals surface area contributed by atoms with Crippen LogP contribution in [0.4, 0.5) is 5.69 Å². The van der Waals surface area contributed by atoms with Gasteiger partial charge in [0.1, 0.15) is 22.9 Å². The minimum absolute atomic E-state index is 0.159. The topological polar surface area (TPSA) is 109 Å². The van der Waals surface area contributed by atoms with Gasteiger partial charge >= 0.3 is 0 Å². The van der Waals surface area contributed by atoms with Gasteiger partial charge in [-0.05, 0) is 43.2 Å². The third-order valence-electron chi connectivity index (χ3n) is 5.48. The standard InChI is InChI=1S/C23H25N5O4/c1-31-16-8-9-21(32-2)19(12-16)25-22(29)15-6-5-11-28(14-15)23(30)20-13-18(26-27-20)17-7-3-4-10-24-17/h3-4,7-10,12-13,15H,5-6,11,14H2,1-2H3,(H,25,29)(H,26,27)/t15-/m1/s1. The van der Waals surface area contributed by atoms with Crippen molar-refractivity contribution in [2.75, 3.05) is 32.6 Å². The van der Waals surface area contributed by atoms with Crippen molar-refractivity contribution < 1.29 is 19.1 Å². The van der Waals surface area contributed by atoms with Gasteiger partial charge in [-0.2, -0.15) is 5.10 Å². The second-order valence-electron chi connectivity index (χ2n) is 7.53. The molecular formula is C23H25N5O4. The molecule has 3 heterocycles. The molecule has 3 aromatic rings. The average Bonchev–Trinajstić information content (AvgIpc) is 3.34. The molecule has 0 saturated carbocycles. The Balaban J connectivity index is 1.44. The summed E-state index contributed by atoms with van der Waals surface area (Å²) >= 11 is 0. The summed E-state index contributed by atoms with van der Waals surface area (Å²) in [4.78, 5) is 31.9. The lowest BCUT2D eigenvalue weighted by Crippen LogP contribution is -2.43. The predicted molar refractivity (Wildman–Crippen MR) is 119 cm³/mol. The molecule has 1 aromatic carbocycles. The first-order valence-corrected chi connectivity index (χ1v) is 10.4. The van der Waals surface area contributed by atoms with Crippen LogP contribution in [0, 0.1) is 5.92 Å². The molecule has 1 saturated heterocycles. The maximum Gasteiger partial charge on any atom is 0.271 e. The normalized spacial score (nSPS) is 15.8. The van der Waals surface area contributed by atoms with E-state index in [1.807, 2.05) is 18.2 Å². The van der Waals surface area contributed by atoms with Gasteiger partial charge < -0.3 is 19.7 Å². The number of nitrogens with zero attached hydrogens (tertiary/aromatic N) is 3. The largest absolute Gasteiger partial charge is 0.497 e. The quantitative estimate of drug-likeness (QED) is 0.616. The zero-order chi connectivity index (χ0) is 22.5. The van der Waals surface area contributed by atoms with Crippen LogP contribution in [0.1, 0.15) is 23.3 Å². The molecule has 0 aliphatic carbocycles. The highest BCUT2D eigenvalue weighted by Crippen LogP contribution is 2.30. The number of pyridine rings is 1. The lowest BCUT2D eigenvalue weighted by molar-refractivity contribution is -0.121. The van der Waals surface area contributed by atoms with E-state index >= 15 is 0 Å². The minimum Gasteiger partial charge on any atom is -0.497 e. The molecule has 0 unspecified atom stereocenters. The molecule has 2 aromatic heterocycles. The zero-order valence-corrected chi connectivity index (χ0v) is 18.0. The summed E-state index contributed by atoms with van der Waals surface area (Å²) in [5.41, 5.74) is 2.20. The number of methoxy groups -OCH3 is 2. The number of benzene rings is 1. The van der Waals surface area contributed by atoms with E-state index in [2.05, 4.69) is 20.5 Å². The van der Waals surface area contributed by atoms with Crippen molar-refractivity contribution in [3.8, 4) is 22.9 Å². The summed E-state index contributed by atoms with van der Waals surface area (Å²) in [5.74, 6) is 0.484. The smallest absolute Gasteiger partial charge is 0.271 e. The lowest BCUT2D eigenvalue weighted by Gasteiger charge is -2.31. The highest BCUT2D eigenvalue weighted by Gasteiger charge is 2.30. The molecule has 9 heteroatoms. The van der Waals surface area contributed by atoms with Gasteiger partial charge in [0.05, 0.1) is 31.5 Å². The third kappa shape index (κ3) is 4.56. The molecule has 0 radical (unpaired) electrons. The van der Waals surface area contributed by atoms with Crippen molar-refractivity contribution in [2.24, 2.45) is 5.92 Å². The van der Waals surface area contributed by atoms with E-state index in [0.717, 1.165) is 6.42 Å². The van der Waals surface area contributed by atoms with Crippen LogP contribution in [-0.2, 0) is 4.79 Å². The second kappa shape index (κ2) is 9.51. The molecule has 0 spiro atoms. The lowest BCUT2D eigenvalue weighted by atomic mass is 9.96. The van der Waals surface area contributed by atoms with Crippen LogP contribution in [0.5, 0.6) is 11.5 Å². The maximum absolute atomic E-state index is 13.0. The Labute approximate surface area is 185 Å². The van der Waals surface area contributed by atoms with E-state index in [9.17, 15) is 9.59 Å². The summed E-state index contributed by atoms with van der Waals surface area (Å²) < 4.78 is 10.6. The van der Waals surface area contributed by atoms with E-state index in [-0.39, 0.29) is 17.7 Å². The number of nitrogens with one attached hydrogen (secondary N) is 2. The van der Waals surface area contributed by atoms with Crippen molar-refractivity contribution in [1.29, 1.82) is 0 Å². The van der Waals surface area contributed by atoms with Gasteiger partial charge in [0.15, 0.2) is 0 Å². The number of aromatic amines is 1. The van der Waals surface area contributed by atoms with Crippen molar-refractivity contribution in [2.45, 2.75) is 12.8 Å². The molecule has 0 bridgehead atoms. The van der Waals surface area contributed by atoms with Crippen LogP contribution in [0.2, 0.25) is 0 Å². The Hall–Kier alpha value is -3.88. The van der Waals surface area contributed by atoms with Crippen LogP contribution in [-0.4, -0.2) is 59.2 Å². The van der Waals surface area contributed by atoms with E-state index in [0.29, 0.717) is 53.8 Å². The SMILES string of the molecule is COc1ccc(OC)c(NC(=O)[C@@H]2CCCN(C(=O)c3cc(-c4ccccn4)n[nH]3)C2)c1. The second-order valence-corrected chi connectivity index (χ2v) is 7.53. The average molecular weight is 435 g/mol. The van der Waals surface area contributed by atoms with Gasteiger partial charge in [0.2, 0.25) is 5.91 Å². The molecule has 2 N–H and O–H groups in total. The van der Waals surface area contributed by atoms with E-state index in [1.165, 1.54) is 0 Å². The predicted octanol–water partition coefficient (Wildman–Crippen LogP) is 2.98. The number of hydrogen-bond donors (Lipinski definition) is 2. The summed E-state index contributed by atoms with van der Waals surface area (Å²) in [6.07, 6.45) is 3.11. The molecule has 1 fully saturated rings. The molecule has 9 nitrogen and oxygen atoms in total. The Bertz CT molecular complexity index is 1100. The number of rotatable bonds is 6. The Morgan fingerprint density at radius 1 is 1.12 bits per heavy atom. The number of piperidine rings is 1. The molecule has 2 amide bonds. The highest BCUT2D eigenvalue weighted by atomic mass is 16.5. The minimum atomic E-state index is -0.332. The van der Waals surface area contributed by atoms with Gasteiger partial charge in [-0.15, -0.1) is 0 Å². The fourth-order valence-electron chi connectivity index (χ4n) is 3.77. The number of likely N-dealkylation sites (tertiary alicyclic amines) is 1. The number of carbonyl (C=O) groups is 2. The van der Waals surface area contributed by atoms with Gasteiger partial charge in [-0.3, -0.25) is 19.7 Å². The van der Waals surface area contributed by atoms with Gasteiger partial charge in [0.25, 0.3) is 5.91 Å². The number of anilines is 1. The van der Waals surface area contributed by atoms with E-state index < -0.39 is 0 Å². The number of aromatic nitrogens is 3. The van der Waals surface area contributed by atoms with Crippen LogP contribution in [0.25, 0.3) is 11.4 Å². The van der Waals surface area contributed by atoms with Crippen molar-refractivity contribution in [3.63, 3.8) is 0 Å². The van der Waals surface area contributed by atoms with E-state index in [1.54, 1.807) is 49.6 Å². The molecular weight excluding hydrogens is 410 g/mol. The van der Waals surface area contributed by atoms with Gasteiger partial charge in [-0.25, -0.2) is 0 Å². The summed E-state index contributed by atoms with van der Waals surface area (Å²) in [6, 6.07) is 12.4. The molecule has 1 aliphatic heterocycles. The third-order valence-corrected chi connectivity index (χ3v) is 5.48. The number of ether oxygens (including phenoxy) is 2. The summed E-state index contributed by atoms with van der Waals surface area (Å²) in [6.45, 7) is 0.915. The molecule has 1 atom stereocenters.